The van der Waals surface area contributed by atoms with Gasteiger partial charge in [0.2, 0.25) is 5.95 Å². The van der Waals surface area contributed by atoms with Crippen molar-refractivity contribution in [3.63, 3.8) is 0 Å². The van der Waals surface area contributed by atoms with Crippen LogP contribution in [-0.4, -0.2) is 50.2 Å². The largest absolute Gasteiger partial charge is 0.604 e. The summed E-state index contributed by atoms with van der Waals surface area (Å²) in [5.41, 5.74) is -3.23. The number of hydrogen-bond donors (Lipinski definition) is 2. The molecule has 4 rings (SSSR count). The number of amides is 2. The Labute approximate surface area is 198 Å². The molecule has 3 heterocycles. The number of aromatic nitrogens is 2. The van der Waals surface area contributed by atoms with Crippen LogP contribution >= 0.6 is 0 Å². The smallest absolute Gasteiger partial charge is 0.578 e. The molecule has 2 N–H and O–H groups in total. The number of alkyl halides is 3. The Kier molecular flexibility index (Phi) is 6.92. The number of benzene rings is 1. The lowest BCUT2D eigenvalue weighted by Gasteiger charge is -2.32. The van der Waals surface area contributed by atoms with Crippen molar-refractivity contribution < 1.29 is 27.3 Å². The highest BCUT2D eigenvalue weighted by Gasteiger charge is 2.46. The summed E-state index contributed by atoms with van der Waals surface area (Å²) in [6.45, 7) is 5.65. The Morgan fingerprint density at radius 3 is 2.59 bits per heavy atom. The second kappa shape index (κ2) is 9.59. The van der Waals surface area contributed by atoms with Crippen molar-refractivity contribution in [1.82, 2.24) is 20.2 Å². The molecule has 1 aromatic heterocycles. The molecule has 1 atom stereocenters. The highest BCUT2D eigenvalue weighted by molar-refractivity contribution is 7.92. The fourth-order valence-electron chi connectivity index (χ4n) is 4.10. The van der Waals surface area contributed by atoms with Crippen molar-refractivity contribution in [3.8, 4) is 0 Å². The zero-order valence-electron chi connectivity index (χ0n) is 18.8. The van der Waals surface area contributed by atoms with E-state index in [0.29, 0.717) is 31.3 Å². The summed E-state index contributed by atoms with van der Waals surface area (Å²) < 4.78 is 54.6. The molecule has 1 aromatic carbocycles. The average molecular weight is 498 g/mol. The Hall–Kier alpha value is -2.57. The molecule has 184 valence electrons. The van der Waals surface area contributed by atoms with Gasteiger partial charge in [0.25, 0.3) is 0 Å². The van der Waals surface area contributed by atoms with Gasteiger partial charge < -0.3 is 24.8 Å². The van der Waals surface area contributed by atoms with Crippen LogP contribution in [0, 0.1) is 0 Å². The van der Waals surface area contributed by atoms with Gasteiger partial charge in [0.15, 0.2) is 4.90 Å². The molecule has 8 nitrogen and oxygen atoms in total. The summed E-state index contributed by atoms with van der Waals surface area (Å²) in [5, 5.41) is 6.14. The second-order valence-electron chi connectivity index (χ2n) is 8.75. The normalized spacial score (nSPS) is 18.9. The highest BCUT2D eigenvalue weighted by Crippen LogP contribution is 2.38. The number of hydrogen-bond acceptors (Lipinski definition) is 6. The van der Waals surface area contributed by atoms with E-state index in [1.54, 1.807) is 11.1 Å². The minimum atomic E-state index is -4.81. The number of halogens is 3. The van der Waals surface area contributed by atoms with Crippen LogP contribution in [0.25, 0.3) is 0 Å². The zero-order chi connectivity index (χ0) is 24.5. The Bertz CT molecular complexity index is 1030. The van der Waals surface area contributed by atoms with Crippen molar-refractivity contribution in [3.05, 3.63) is 47.3 Å². The minimum Gasteiger partial charge on any atom is -0.604 e. The lowest BCUT2D eigenvalue weighted by Crippen LogP contribution is -2.45. The molecule has 2 aliphatic rings. The van der Waals surface area contributed by atoms with E-state index in [1.165, 1.54) is 12.1 Å². The molecule has 1 unspecified atom stereocenters. The standard InChI is InChI=1S/C22H26F3N5O3S/c1-21(2)17-12-26-19(28-15-7-9-33-10-8-15)29-18(17)13-30(21)20(31)27-11-14-3-5-16(6-4-14)34(32)22(23,24)25/h3-6,12,15H,7-11,13H2,1-2H3,(H,27,31)(H,26,28,29). The molecular formula is C22H26F3N5O3S. The topological polar surface area (TPSA) is 102 Å². The van der Waals surface area contributed by atoms with E-state index in [-0.39, 0.29) is 23.5 Å². The van der Waals surface area contributed by atoms with Crippen LogP contribution in [0.15, 0.2) is 35.4 Å². The van der Waals surface area contributed by atoms with Crippen LogP contribution in [0.5, 0.6) is 0 Å². The van der Waals surface area contributed by atoms with Crippen LogP contribution in [0.4, 0.5) is 23.9 Å². The SMILES string of the molecule is CC1(C)c2cnc(NC3CCOCC3)nc2CN1C(=O)NCc1ccc([S+]([O-])C(F)(F)F)cc1. The number of urea groups is 1. The first-order valence-electron chi connectivity index (χ1n) is 10.9. The van der Waals surface area contributed by atoms with Crippen molar-refractivity contribution >= 4 is 23.2 Å². The average Bonchev–Trinajstić information content (AvgIpc) is 3.07. The van der Waals surface area contributed by atoms with E-state index in [0.717, 1.165) is 36.2 Å². The van der Waals surface area contributed by atoms with Gasteiger partial charge in [0.1, 0.15) is 0 Å². The third-order valence-electron chi connectivity index (χ3n) is 6.10. The number of rotatable bonds is 5. The predicted molar refractivity (Wildman–Crippen MR) is 119 cm³/mol. The summed E-state index contributed by atoms with van der Waals surface area (Å²) in [7, 11) is 0. The number of anilines is 1. The number of ether oxygens (including phenoxy) is 1. The van der Waals surface area contributed by atoms with Crippen molar-refractivity contribution in [2.24, 2.45) is 0 Å². The first kappa shape index (κ1) is 24.6. The molecule has 34 heavy (non-hydrogen) atoms. The van der Waals surface area contributed by atoms with Crippen LogP contribution in [-0.2, 0) is 34.5 Å². The van der Waals surface area contributed by atoms with Crippen LogP contribution in [0.3, 0.4) is 0 Å². The fraction of sp³-hybridized carbons (Fsp3) is 0.500. The number of nitrogens with zero attached hydrogens (tertiary/aromatic N) is 3. The maximum Gasteiger partial charge on any atom is 0.578 e. The summed E-state index contributed by atoms with van der Waals surface area (Å²) in [6, 6.07) is 5.07. The number of carbonyl (C=O) groups excluding carboxylic acids is 1. The van der Waals surface area contributed by atoms with Crippen LogP contribution in [0.1, 0.15) is 43.5 Å². The molecule has 1 saturated heterocycles. The van der Waals surface area contributed by atoms with Gasteiger partial charge in [-0.05, 0) is 44.4 Å². The Balaban J connectivity index is 1.38. The molecule has 2 aliphatic heterocycles. The number of carbonyl (C=O) groups is 1. The molecule has 1 fully saturated rings. The van der Waals surface area contributed by atoms with E-state index in [1.807, 2.05) is 13.8 Å². The number of fused-ring (bicyclic) bond motifs is 1. The fourth-order valence-corrected chi connectivity index (χ4v) is 4.75. The highest BCUT2D eigenvalue weighted by atomic mass is 32.2. The van der Waals surface area contributed by atoms with Crippen molar-refractivity contribution in [1.29, 1.82) is 0 Å². The quantitative estimate of drug-likeness (QED) is 0.612. The van der Waals surface area contributed by atoms with Crippen LogP contribution in [0.2, 0.25) is 0 Å². The van der Waals surface area contributed by atoms with Gasteiger partial charge in [0.05, 0.1) is 29.0 Å². The molecule has 0 saturated carbocycles. The second-order valence-corrected chi connectivity index (χ2v) is 10.2. The van der Waals surface area contributed by atoms with Gasteiger partial charge in [-0.1, -0.05) is 12.1 Å². The molecule has 0 aliphatic carbocycles. The maximum absolute atomic E-state index is 13.0. The Morgan fingerprint density at radius 1 is 1.26 bits per heavy atom. The molecule has 0 spiro atoms. The van der Waals surface area contributed by atoms with Gasteiger partial charge in [-0.25, -0.2) is 14.8 Å². The third-order valence-corrected chi connectivity index (χ3v) is 7.22. The minimum absolute atomic E-state index is 0.114. The third kappa shape index (κ3) is 5.23. The van der Waals surface area contributed by atoms with Crippen molar-refractivity contribution in [2.75, 3.05) is 18.5 Å². The van der Waals surface area contributed by atoms with E-state index in [4.69, 9.17) is 4.74 Å². The summed E-state index contributed by atoms with van der Waals surface area (Å²) >= 11 is -3.08. The predicted octanol–water partition coefficient (Wildman–Crippen LogP) is 3.66. The summed E-state index contributed by atoms with van der Waals surface area (Å²) in [6.07, 6.45) is 3.51. The van der Waals surface area contributed by atoms with Gasteiger partial charge in [0, 0.05) is 37.6 Å². The Morgan fingerprint density at radius 2 is 1.94 bits per heavy atom. The first-order chi connectivity index (χ1) is 16.1. The molecular weight excluding hydrogens is 471 g/mol. The van der Waals surface area contributed by atoms with Gasteiger partial charge >= 0.3 is 11.5 Å². The zero-order valence-corrected chi connectivity index (χ0v) is 19.6. The van der Waals surface area contributed by atoms with Gasteiger partial charge in [-0.15, -0.1) is 13.2 Å². The maximum atomic E-state index is 13.0. The summed E-state index contributed by atoms with van der Waals surface area (Å²) in [5.74, 6) is 0.528. The molecule has 12 heteroatoms. The van der Waals surface area contributed by atoms with Gasteiger partial charge in [-0.2, -0.15) is 0 Å². The summed E-state index contributed by atoms with van der Waals surface area (Å²) in [4.78, 5) is 23.3. The first-order valence-corrected chi connectivity index (χ1v) is 12.0. The van der Waals surface area contributed by atoms with E-state index < -0.39 is 22.2 Å². The molecule has 0 bridgehead atoms. The van der Waals surface area contributed by atoms with E-state index in [2.05, 4.69) is 20.6 Å². The van der Waals surface area contributed by atoms with Crippen molar-refractivity contribution in [2.45, 2.75) is 61.8 Å². The van der Waals surface area contributed by atoms with Gasteiger partial charge in [-0.3, -0.25) is 0 Å². The van der Waals surface area contributed by atoms with E-state index >= 15 is 0 Å². The van der Waals surface area contributed by atoms with Crippen LogP contribution < -0.4 is 10.6 Å². The lowest BCUT2D eigenvalue weighted by atomic mass is 9.97. The lowest BCUT2D eigenvalue weighted by molar-refractivity contribution is -0.0435. The molecule has 2 aromatic rings. The molecule has 2 amide bonds. The number of nitrogens with one attached hydrogen (secondary N) is 2. The monoisotopic (exact) mass is 497 g/mol. The molecule has 0 radical (unpaired) electrons. The van der Waals surface area contributed by atoms with E-state index in [9.17, 15) is 22.5 Å².